The molecule has 3 nitrogen and oxygen atoms in total. The number of nitrogens with one attached hydrogen (secondary N) is 1. The number of carbonyl (C=O) groups is 1. The summed E-state index contributed by atoms with van der Waals surface area (Å²) in [5.41, 5.74) is 2.01. The zero-order chi connectivity index (χ0) is 12.6. The fraction of sp³-hybridized carbons (Fsp3) is 0.300. The van der Waals surface area contributed by atoms with E-state index in [-0.39, 0.29) is 6.03 Å². The molecule has 1 N–H and O–H groups in total. The summed E-state index contributed by atoms with van der Waals surface area (Å²) < 4.78 is 0. The summed E-state index contributed by atoms with van der Waals surface area (Å²) >= 11 is 4.74. The number of hydrogen-bond donors (Lipinski definition) is 1. The van der Waals surface area contributed by atoms with Gasteiger partial charge in [0.25, 0.3) is 0 Å². The predicted octanol–water partition coefficient (Wildman–Crippen LogP) is 3.86. The molecule has 0 spiro atoms. The molecule has 2 amide bonds. The van der Waals surface area contributed by atoms with Gasteiger partial charge >= 0.3 is 55.5 Å². The number of rotatable bonds is 1. The molecule has 0 atom stereocenters. The zero-order valence-corrected chi connectivity index (χ0v) is 15.1. The normalized spacial score (nSPS) is 8.56. The summed E-state index contributed by atoms with van der Waals surface area (Å²) in [6, 6.07) is 7.59. The van der Waals surface area contributed by atoms with E-state index in [0.717, 1.165) is 5.69 Å². The van der Waals surface area contributed by atoms with E-state index in [9.17, 15) is 4.79 Å². The van der Waals surface area contributed by atoms with Gasteiger partial charge in [-0.25, -0.2) is 4.79 Å². The summed E-state index contributed by atoms with van der Waals surface area (Å²) in [5, 5.41) is 2.76. The van der Waals surface area contributed by atoms with Gasteiger partial charge in [0.2, 0.25) is 0 Å². The molecule has 0 fully saturated rings. The van der Waals surface area contributed by atoms with Gasteiger partial charge in [-0.05, 0) is 19.1 Å². The van der Waals surface area contributed by atoms with Crippen LogP contribution in [0.25, 0.3) is 0 Å². The molecule has 6 heteroatoms. The fourth-order valence-electron chi connectivity index (χ4n) is 0.872. The van der Waals surface area contributed by atoms with Crippen LogP contribution in [0.15, 0.2) is 24.3 Å². The van der Waals surface area contributed by atoms with Crippen LogP contribution in [0.1, 0.15) is 5.56 Å². The summed E-state index contributed by atoms with van der Waals surface area (Å²) in [6.07, 6.45) is 0. The van der Waals surface area contributed by atoms with Crippen molar-refractivity contribution < 1.29 is 14.3 Å². The van der Waals surface area contributed by atoms with E-state index in [1.807, 2.05) is 31.2 Å². The van der Waals surface area contributed by atoms with Crippen LogP contribution in [0, 0.1) is 6.92 Å². The summed E-state index contributed by atoms with van der Waals surface area (Å²) in [5.74, 6) is 0. The van der Waals surface area contributed by atoms with E-state index in [1.54, 1.807) is 14.1 Å². The van der Waals surface area contributed by atoms with Gasteiger partial charge in [-0.1, -0.05) is 17.7 Å². The van der Waals surface area contributed by atoms with E-state index in [2.05, 4.69) is 45.3 Å². The Morgan fingerprint density at radius 2 is 1.69 bits per heavy atom. The van der Waals surface area contributed by atoms with Crippen LogP contribution in [0.5, 0.6) is 0 Å². The number of amides is 2. The maximum atomic E-state index is 11.2. The maximum absolute atomic E-state index is 11.2. The third kappa shape index (κ3) is 7.75. The Balaban J connectivity index is 0.000000673. The summed E-state index contributed by atoms with van der Waals surface area (Å²) in [4.78, 5) is 12.7. The third-order valence-corrected chi connectivity index (χ3v) is 1.71. The van der Waals surface area contributed by atoms with Gasteiger partial charge in [-0.15, -0.1) is 0 Å². The Hall–Kier alpha value is 0.534. The Morgan fingerprint density at radius 1 is 1.25 bits per heavy atom. The molecule has 0 aliphatic rings. The molecule has 0 aliphatic carbocycles. The molecule has 89 valence electrons. The standard InChI is InChI=1S/C10H14N2O.2HI.V/c1-8-4-6-9(7-5-8)11-10(13)12(2)3;;;/h4-7H,1-3H3,(H,11,13);2*1H;/q;;;+2/p-2. The minimum atomic E-state index is -0.108. The van der Waals surface area contributed by atoms with Gasteiger partial charge in [0.05, 0.1) is 0 Å². The van der Waals surface area contributed by atoms with Gasteiger partial charge in [-0.2, -0.15) is 0 Å². The van der Waals surface area contributed by atoms with E-state index in [0.29, 0.717) is 9.47 Å². The van der Waals surface area contributed by atoms with Crippen LogP contribution in [0.2, 0.25) is 0 Å². The predicted molar refractivity (Wildman–Crippen MR) is 81.9 cm³/mol. The van der Waals surface area contributed by atoms with Gasteiger partial charge in [0.1, 0.15) is 0 Å². The summed E-state index contributed by atoms with van der Waals surface area (Å²) in [6.45, 7) is 2.01. The SMILES string of the molecule is Cc1ccc(NC(=O)N(C)C)cc1.[I][V][I]. The van der Waals surface area contributed by atoms with Crippen molar-refractivity contribution >= 4 is 51.7 Å². The monoisotopic (exact) mass is 483 g/mol. The first kappa shape index (κ1) is 16.5. The first-order chi connectivity index (χ1) is 7.51. The quantitative estimate of drug-likeness (QED) is 0.606. The molecular weight excluding hydrogens is 469 g/mol. The van der Waals surface area contributed by atoms with Crippen LogP contribution in [0.3, 0.4) is 0 Å². The molecule has 0 saturated carbocycles. The number of anilines is 1. The first-order valence-corrected chi connectivity index (χ1v) is 13.5. The fourth-order valence-corrected chi connectivity index (χ4v) is 0.872. The van der Waals surface area contributed by atoms with E-state index >= 15 is 0 Å². The molecule has 1 rings (SSSR count). The number of benzene rings is 1. The Bertz CT molecular complexity index is 317. The van der Waals surface area contributed by atoms with E-state index < -0.39 is 0 Å². The van der Waals surface area contributed by atoms with Crippen LogP contribution < -0.4 is 5.32 Å². The third-order valence-electron chi connectivity index (χ3n) is 1.71. The van der Waals surface area contributed by atoms with Crippen LogP contribution >= 0.6 is 40.0 Å². The van der Waals surface area contributed by atoms with E-state index in [1.165, 1.54) is 10.5 Å². The van der Waals surface area contributed by atoms with Gasteiger partial charge in [-0.3, -0.25) is 0 Å². The van der Waals surface area contributed by atoms with Crippen molar-refractivity contribution in [1.82, 2.24) is 4.90 Å². The number of urea groups is 1. The second-order valence-corrected chi connectivity index (χ2v) is 15.0. The second-order valence-electron chi connectivity index (χ2n) is 3.25. The van der Waals surface area contributed by atoms with Crippen molar-refractivity contribution in [1.29, 1.82) is 0 Å². The number of carbonyl (C=O) groups excluding carboxylic acids is 1. The van der Waals surface area contributed by atoms with Gasteiger partial charge < -0.3 is 10.2 Å². The van der Waals surface area contributed by atoms with Crippen LogP contribution in [-0.2, 0) is 9.47 Å². The topological polar surface area (TPSA) is 32.3 Å². The molecular formula is C10H14I2N2OV. The minimum absolute atomic E-state index is 0.108. The number of nitrogens with zero attached hydrogens (tertiary/aromatic N) is 1. The molecule has 0 radical (unpaired) electrons. The first-order valence-electron chi connectivity index (χ1n) is 4.48. The Kier molecular flexibility index (Phi) is 9.87. The molecule has 1 aromatic carbocycles. The molecule has 16 heavy (non-hydrogen) atoms. The Labute approximate surface area is 126 Å². The average molecular weight is 483 g/mol. The molecule has 0 bridgehead atoms. The van der Waals surface area contributed by atoms with Gasteiger partial charge in [0.15, 0.2) is 0 Å². The number of aryl methyl sites for hydroxylation is 1. The molecule has 0 saturated heterocycles. The van der Waals surface area contributed by atoms with Gasteiger partial charge in [0, 0.05) is 19.8 Å². The van der Waals surface area contributed by atoms with Crippen LogP contribution in [0.4, 0.5) is 10.5 Å². The van der Waals surface area contributed by atoms with Crippen molar-refractivity contribution in [3.63, 3.8) is 0 Å². The number of hydrogen-bond acceptors (Lipinski definition) is 1. The van der Waals surface area contributed by atoms with E-state index in [4.69, 9.17) is 0 Å². The van der Waals surface area contributed by atoms with Crippen molar-refractivity contribution in [3.05, 3.63) is 29.8 Å². The second kappa shape index (κ2) is 9.55. The zero-order valence-electron chi connectivity index (χ0n) is 9.37. The van der Waals surface area contributed by atoms with Crippen molar-refractivity contribution in [3.8, 4) is 0 Å². The molecule has 1 aromatic rings. The number of halogens is 2. The van der Waals surface area contributed by atoms with Crippen molar-refractivity contribution in [2.45, 2.75) is 6.92 Å². The average Bonchev–Trinajstić information content (AvgIpc) is 2.22. The molecule has 0 aromatic heterocycles. The van der Waals surface area contributed by atoms with Crippen molar-refractivity contribution in [2.75, 3.05) is 19.4 Å². The Morgan fingerprint density at radius 3 is 2.06 bits per heavy atom. The van der Waals surface area contributed by atoms with Crippen molar-refractivity contribution in [2.24, 2.45) is 0 Å². The van der Waals surface area contributed by atoms with Crippen LogP contribution in [-0.4, -0.2) is 25.0 Å². The molecule has 0 unspecified atom stereocenters. The molecule has 0 heterocycles. The molecule has 0 aliphatic heterocycles. The summed E-state index contributed by atoms with van der Waals surface area (Å²) in [7, 11) is 4.05.